The highest BCUT2D eigenvalue weighted by Gasteiger charge is 2.44. The van der Waals surface area contributed by atoms with Crippen LogP contribution in [-0.2, 0) is 22.4 Å². The molecule has 1 fully saturated rings. The average Bonchev–Trinajstić information content (AvgIpc) is 2.75. The van der Waals surface area contributed by atoms with Gasteiger partial charge in [-0.3, -0.25) is 4.79 Å². The van der Waals surface area contributed by atoms with Crippen molar-refractivity contribution in [1.82, 2.24) is 15.2 Å². The zero-order valence-electron chi connectivity index (χ0n) is 18.0. The van der Waals surface area contributed by atoms with E-state index in [1.807, 2.05) is 6.07 Å². The molecule has 2 amide bonds. The number of urea groups is 1. The highest BCUT2D eigenvalue weighted by molar-refractivity contribution is 5.83. The number of Topliss-reactive ketones (excluding diaryl/α,β-unsaturated/α-hetero) is 1. The van der Waals surface area contributed by atoms with Gasteiger partial charge in [0.1, 0.15) is 11.6 Å². The van der Waals surface area contributed by atoms with Crippen LogP contribution in [-0.4, -0.2) is 69.7 Å². The minimum atomic E-state index is -1.47. The molecule has 2 aliphatic heterocycles. The Morgan fingerprint density at radius 3 is 2.71 bits per heavy atom. The Labute approximate surface area is 182 Å². The van der Waals surface area contributed by atoms with Gasteiger partial charge in [0.2, 0.25) is 0 Å². The highest BCUT2D eigenvalue weighted by atomic mass is 16.4. The lowest BCUT2D eigenvalue weighted by Crippen LogP contribution is -2.54. The molecule has 0 bridgehead atoms. The van der Waals surface area contributed by atoms with Crippen molar-refractivity contribution >= 4 is 23.6 Å². The van der Waals surface area contributed by atoms with Gasteiger partial charge in [0.25, 0.3) is 0 Å². The van der Waals surface area contributed by atoms with Crippen molar-refractivity contribution in [2.45, 2.75) is 57.5 Å². The Bertz CT molecular complexity index is 820. The van der Waals surface area contributed by atoms with Crippen LogP contribution >= 0.6 is 0 Å². The number of anilines is 1. The maximum Gasteiger partial charge on any atom is 0.317 e. The third-order valence-corrected chi connectivity index (χ3v) is 6.19. The minimum Gasteiger partial charge on any atom is -0.481 e. The molecule has 31 heavy (non-hydrogen) atoms. The molecule has 1 unspecified atom stereocenters. The van der Waals surface area contributed by atoms with E-state index in [1.54, 1.807) is 4.90 Å². The molecule has 3 rings (SSSR count). The van der Waals surface area contributed by atoms with E-state index in [9.17, 15) is 24.6 Å². The first-order chi connectivity index (χ1) is 14.8. The van der Waals surface area contributed by atoms with Gasteiger partial charge in [0.05, 0.1) is 11.5 Å². The zero-order valence-corrected chi connectivity index (χ0v) is 18.0. The van der Waals surface area contributed by atoms with Gasteiger partial charge in [-0.2, -0.15) is 0 Å². The second-order valence-corrected chi connectivity index (χ2v) is 8.56. The summed E-state index contributed by atoms with van der Waals surface area (Å²) in [7, 11) is 0. The van der Waals surface area contributed by atoms with Crippen molar-refractivity contribution in [2.75, 3.05) is 31.5 Å². The van der Waals surface area contributed by atoms with Crippen LogP contribution in [0.1, 0.15) is 50.3 Å². The number of ketones is 1. The first-order valence-corrected chi connectivity index (χ1v) is 11.0. The molecule has 0 aliphatic carbocycles. The van der Waals surface area contributed by atoms with E-state index in [0.29, 0.717) is 6.54 Å². The number of likely N-dealkylation sites (tertiary alicyclic amines) is 1. The van der Waals surface area contributed by atoms with E-state index in [1.165, 1.54) is 12.5 Å². The summed E-state index contributed by atoms with van der Waals surface area (Å²) >= 11 is 0. The fraction of sp³-hybridized carbons (Fsp3) is 0.636. The van der Waals surface area contributed by atoms with Crippen molar-refractivity contribution in [1.29, 1.82) is 0 Å². The van der Waals surface area contributed by atoms with Gasteiger partial charge in [-0.15, -0.1) is 0 Å². The predicted molar refractivity (Wildman–Crippen MR) is 115 cm³/mol. The third kappa shape index (κ3) is 5.94. The SMILES string of the molecule is CC(=O)CC(C(=O)O)C1(O)CCN(C(=O)NCCCc2ccc3c(n2)NCCC3)CC1. The summed E-state index contributed by atoms with van der Waals surface area (Å²) in [6, 6.07) is 3.94. The van der Waals surface area contributed by atoms with E-state index >= 15 is 0 Å². The molecule has 3 heterocycles. The monoisotopic (exact) mass is 432 g/mol. The Hall–Kier alpha value is -2.68. The first kappa shape index (κ1) is 23.0. The van der Waals surface area contributed by atoms with Gasteiger partial charge < -0.3 is 30.5 Å². The average molecular weight is 433 g/mol. The maximum atomic E-state index is 12.4. The standard InChI is InChI=1S/C22H32N4O5/c1-15(27)14-18(20(28)29)22(31)8-12-26(13-9-22)21(30)24-11-3-5-17-7-6-16-4-2-10-23-19(16)25-17/h6-7,18,31H,2-5,8-14H2,1H3,(H,23,25)(H,24,30)(H,28,29). The number of piperidine rings is 1. The van der Waals surface area contributed by atoms with Crippen LogP contribution < -0.4 is 10.6 Å². The van der Waals surface area contributed by atoms with E-state index in [-0.39, 0.29) is 44.2 Å². The molecule has 4 N–H and O–H groups in total. The molecule has 1 atom stereocenters. The van der Waals surface area contributed by atoms with Crippen molar-refractivity contribution in [2.24, 2.45) is 5.92 Å². The summed E-state index contributed by atoms with van der Waals surface area (Å²) in [6.45, 7) is 3.28. The molecule has 0 saturated carbocycles. The lowest BCUT2D eigenvalue weighted by Gasteiger charge is -2.41. The fourth-order valence-electron chi connectivity index (χ4n) is 4.32. The molecule has 1 saturated heterocycles. The highest BCUT2D eigenvalue weighted by Crippen LogP contribution is 2.32. The number of aryl methyl sites for hydroxylation is 2. The number of carbonyl (C=O) groups excluding carboxylic acids is 2. The van der Waals surface area contributed by atoms with Crippen molar-refractivity contribution < 1.29 is 24.6 Å². The number of hydrogen-bond donors (Lipinski definition) is 4. The van der Waals surface area contributed by atoms with Crippen LogP contribution in [0.3, 0.4) is 0 Å². The van der Waals surface area contributed by atoms with Crippen molar-refractivity contribution in [3.05, 3.63) is 23.4 Å². The van der Waals surface area contributed by atoms with Crippen LogP contribution in [0, 0.1) is 5.92 Å². The van der Waals surface area contributed by atoms with Crippen LogP contribution in [0.4, 0.5) is 10.6 Å². The van der Waals surface area contributed by atoms with Crippen LogP contribution in [0.15, 0.2) is 12.1 Å². The summed E-state index contributed by atoms with van der Waals surface area (Å²) in [4.78, 5) is 41.6. The summed E-state index contributed by atoms with van der Waals surface area (Å²) < 4.78 is 0. The number of carboxylic acids is 1. The van der Waals surface area contributed by atoms with E-state index < -0.39 is 17.5 Å². The second-order valence-electron chi connectivity index (χ2n) is 8.56. The summed E-state index contributed by atoms with van der Waals surface area (Å²) in [6.07, 6.45) is 3.77. The summed E-state index contributed by atoms with van der Waals surface area (Å²) in [5.74, 6) is -1.63. The molecule has 170 valence electrons. The van der Waals surface area contributed by atoms with E-state index in [4.69, 9.17) is 0 Å². The topological polar surface area (TPSA) is 132 Å². The van der Waals surface area contributed by atoms with Crippen molar-refractivity contribution in [3.63, 3.8) is 0 Å². The predicted octanol–water partition coefficient (Wildman–Crippen LogP) is 1.59. The second kappa shape index (κ2) is 10.1. The molecular formula is C22H32N4O5. The lowest BCUT2D eigenvalue weighted by atomic mass is 9.77. The first-order valence-electron chi connectivity index (χ1n) is 11.0. The molecule has 1 aromatic rings. The quantitative estimate of drug-likeness (QED) is 0.459. The normalized spacial score (nSPS) is 18.5. The molecule has 1 aromatic heterocycles. The number of aromatic nitrogens is 1. The van der Waals surface area contributed by atoms with Gasteiger partial charge in [0, 0.05) is 38.3 Å². The number of carboxylic acid groups (broad SMARTS) is 1. The number of rotatable bonds is 8. The third-order valence-electron chi connectivity index (χ3n) is 6.19. The zero-order chi connectivity index (χ0) is 22.4. The Balaban J connectivity index is 1.42. The number of hydrogen-bond acceptors (Lipinski definition) is 6. The number of amides is 2. The van der Waals surface area contributed by atoms with Gasteiger partial charge in [0.15, 0.2) is 0 Å². The fourth-order valence-corrected chi connectivity index (χ4v) is 4.32. The van der Waals surface area contributed by atoms with Gasteiger partial charge in [-0.25, -0.2) is 9.78 Å². The lowest BCUT2D eigenvalue weighted by molar-refractivity contribution is -0.158. The Morgan fingerprint density at radius 2 is 2.03 bits per heavy atom. The number of aliphatic carboxylic acids is 1. The van der Waals surface area contributed by atoms with Crippen molar-refractivity contribution in [3.8, 4) is 0 Å². The molecule has 2 aliphatic rings. The van der Waals surface area contributed by atoms with Crippen LogP contribution in [0.2, 0.25) is 0 Å². The molecule has 0 radical (unpaired) electrons. The van der Waals surface area contributed by atoms with Gasteiger partial charge in [-0.05, 0) is 57.1 Å². The Kier molecular flexibility index (Phi) is 7.48. The number of nitrogens with zero attached hydrogens (tertiary/aromatic N) is 2. The minimum absolute atomic E-state index is 0.136. The smallest absolute Gasteiger partial charge is 0.317 e. The molecule has 0 aromatic carbocycles. The van der Waals surface area contributed by atoms with Crippen LogP contribution in [0.25, 0.3) is 0 Å². The molecule has 9 heteroatoms. The number of nitrogens with one attached hydrogen (secondary N) is 2. The molecular weight excluding hydrogens is 400 g/mol. The van der Waals surface area contributed by atoms with Gasteiger partial charge >= 0.3 is 12.0 Å². The molecule has 0 spiro atoms. The largest absolute Gasteiger partial charge is 0.481 e. The number of carbonyl (C=O) groups is 3. The summed E-state index contributed by atoms with van der Waals surface area (Å²) in [5.41, 5.74) is 0.776. The molecule has 9 nitrogen and oxygen atoms in total. The van der Waals surface area contributed by atoms with E-state index in [2.05, 4.69) is 21.7 Å². The van der Waals surface area contributed by atoms with Crippen LogP contribution in [0.5, 0.6) is 0 Å². The number of aliphatic hydroxyl groups is 1. The van der Waals surface area contributed by atoms with E-state index in [0.717, 1.165) is 43.7 Å². The summed E-state index contributed by atoms with van der Waals surface area (Å²) in [5, 5.41) is 26.4. The number of pyridine rings is 1. The Morgan fingerprint density at radius 1 is 1.29 bits per heavy atom. The van der Waals surface area contributed by atoms with Gasteiger partial charge in [-0.1, -0.05) is 6.07 Å². The number of fused-ring (bicyclic) bond motifs is 1. The maximum absolute atomic E-state index is 12.4.